The highest BCUT2D eigenvalue weighted by atomic mass is 32.2. The van der Waals surface area contributed by atoms with E-state index in [0.29, 0.717) is 16.6 Å². The summed E-state index contributed by atoms with van der Waals surface area (Å²) in [5, 5.41) is 15.2. The molecular formula is C19H25N5O3S. The van der Waals surface area contributed by atoms with Crippen LogP contribution in [0.15, 0.2) is 23.4 Å². The van der Waals surface area contributed by atoms with Gasteiger partial charge >= 0.3 is 0 Å². The number of rotatable bonds is 4. The molecule has 9 heteroatoms. The second-order valence-corrected chi connectivity index (χ2v) is 9.16. The average molecular weight is 404 g/mol. The minimum atomic E-state index is -0.511. The molecule has 1 spiro atoms. The number of hydrogen-bond acceptors (Lipinski definition) is 7. The Bertz CT molecular complexity index is 871. The number of carbonyl (C=O) groups is 1. The molecule has 1 saturated carbocycles. The molecule has 2 aliphatic rings. The molecule has 4 rings (SSSR count). The summed E-state index contributed by atoms with van der Waals surface area (Å²) in [6.07, 6.45) is 5.26. The fourth-order valence-electron chi connectivity index (χ4n) is 3.48. The van der Waals surface area contributed by atoms with Crippen molar-refractivity contribution in [3.8, 4) is 11.5 Å². The first-order chi connectivity index (χ1) is 13.3. The van der Waals surface area contributed by atoms with Gasteiger partial charge in [0, 0.05) is 24.6 Å². The Morgan fingerprint density at radius 1 is 1.21 bits per heavy atom. The maximum Gasteiger partial charge on any atom is 0.251 e. The van der Waals surface area contributed by atoms with Gasteiger partial charge < -0.3 is 14.8 Å². The van der Waals surface area contributed by atoms with Crippen LogP contribution >= 0.6 is 11.8 Å². The molecule has 0 radical (unpaired) electrons. The van der Waals surface area contributed by atoms with Gasteiger partial charge in [0.1, 0.15) is 0 Å². The Morgan fingerprint density at radius 2 is 1.96 bits per heavy atom. The summed E-state index contributed by atoms with van der Waals surface area (Å²) in [6, 6.07) is 5.54. The molecule has 1 aliphatic heterocycles. The fourth-order valence-corrected chi connectivity index (χ4v) is 4.34. The van der Waals surface area contributed by atoms with Crippen molar-refractivity contribution in [2.24, 2.45) is 0 Å². The van der Waals surface area contributed by atoms with Gasteiger partial charge in [-0.15, -0.1) is 5.10 Å². The highest BCUT2D eigenvalue weighted by Gasteiger charge is 2.42. The van der Waals surface area contributed by atoms with E-state index >= 15 is 0 Å². The molecule has 1 aromatic carbocycles. The van der Waals surface area contributed by atoms with E-state index in [1.807, 2.05) is 39.0 Å². The molecule has 150 valence electrons. The second-order valence-electron chi connectivity index (χ2n) is 8.22. The van der Waals surface area contributed by atoms with Gasteiger partial charge in [0.15, 0.2) is 11.5 Å². The number of hydrogen-bond donors (Lipinski definition) is 1. The van der Waals surface area contributed by atoms with Gasteiger partial charge in [-0.25, -0.2) is 4.68 Å². The van der Waals surface area contributed by atoms with Crippen LogP contribution in [-0.2, 0) is 10.3 Å². The summed E-state index contributed by atoms with van der Waals surface area (Å²) in [6.45, 7) is 6.04. The number of benzene rings is 1. The number of tetrazole rings is 1. The lowest BCUT2D eigenvalue weighted by Crippen LogP contribution is -2.40. The molecule has 0 atom stereocenters. The predicted molar refractivity (Wildman–Crippen MR) is 106 cm³/mol. The Kier molecular flexibility index (Phi) is 4.95. The Morgan fingerprint density at radius 3 is 2.71 bits per heavy atom. The van der Waals surface area contributed by atoms with E-state index in [2.05, 4.69) is 20.8 Å². The maximum absolute atomic E-state index is 12.4. The molecular weight excluding hydrogens is 378 g/mol. The minimum Gasteiger partial charge on any atom is -0.448 e. The van der Waals surface area contributed by atoms with Crippen molar-refractivity contribution >= 4 is 23.4 Å². The van der Waals surface area contributed by atoms with E-state index in [1.54, 1.807) is 4.68 Å². The molecule has 2 aromatic rings. The number of nitrogens with zero attached hydrogens (tertiary/aromatic N) is 4. The van der Waals surface area contributed by atoms with E-state index in [9.17, 15) is 4.79 Å². The highest BCUT2D eigenvalue weighted by Crippen LogP contribution is 2.46. The summed E-state index contributed by atoms with van der Waals surface area (Å²) < 4.78 is 13.9. The van der Waals surface area contributed by atoms with Gasteiger partial charge in [0.25, 0.3) is 5.79 Å². The summed E-state index contributed by atoms with van der Waals surface area (Å²) in [4.78, 5) is 12.4. The zero-order valence-electron chi connectivity index (χ0n) is 16.4. The molecule has 1 aliphatic carbocycles. The van der Waals surface area contributed by atoms with Crippen LogP contribution in [0.4, 0.5) is 5.69 Å². The summed E-state index contributed by atoms with van der Waals surface area (Å²) >= 11 is 1.31. The van der Waals surface area contributed by atoms with Gasteiger partial charge in [-0.05, 0) is 56.2 Å². The van der Waals surface area contributed by atoms with Crippen LogP contribution < -0.4 is 14.8 Å². The predicted octanol–water partition coefficient (Wildman–Crippen LogP) is 3.59. The molecule has 1 aromatic heterocycles. The summed E-state index contributed by atoms with van der Waals surface area (Å²) in [5.74, 6) is 1.03. The zero-order valence-corrected chi connectivity index (χ0v) is 17.2. The van der Waals surface area contributed by atoms with Crippen molar-refractivity contribution in [1.82, 2.24) is 20.2 Å². The van der Waals surface area contributed by atoms with E-state index in [0.717, 1.165) is 31.4 Å². The number of aromatic nitrogens is 4. The van der Waals surface area contributed by atoms with Crippen molar-refractivity contribution in [3.05, 3.63) is 18.2 Å². The number of nitrogens with one attached hydrogen (secondary N) is 1. The molecule has 2 heterocycles. The van der Waals surface area contributed by atoms with Gasteiger partial charge in [-0.2, -0.15) is 0 Å². The number of anilines is 1. The third-order valence-corrected chi connectivity index (χ3v) is 5.76. The normalized spacial score (nSPS) is 17.7. The minimum absolute atomic E-state index is 0.125. The number of fused-ring (bicyclic) bond motifs is 1. The molecule has 28 heavy (non-hydrogen) atoms. The summed E-state index contributed by atoms with van der Waals surface area (Å²) in [7, 11) is 0. The third kappa shape index (κ3) is 3.94. The van der Waals surface area contributed by atoms with E-state index in [1.165, 1.54) is 18.2 Å². The molecule has 8 nitrogen and oxygen atoms in total. The molecule has 0 unspecified atom stereocenters. The molecule has 1 amide bonds. The van der Waals surface area contributed by atoms with Gasteiger partial charge in [-0.1, -0.05) is 18.2 Å². The number of thioether (sulfide) groups is 1. The van der Waals surface area contributed by atoms with Crippen LogP contribution in [0.1, 0.15) is 52.9 Å². The van der Waals surface area contributed by atoms with Crippen LogP contribution in [0.5, 0.6) is 11.5 Å². The third-order valence-electron chi connectivity index (χ3n) is 4.84. The second kappa shape index (κ2) is 7.27. The van der Waals surface area contributed by atoms with Gasteiger partial charge in [-0.3, -0.25) is 4.79 Å². The van der Waals surface area contributed by atoms with Crippen molar-refractivity contribution in [3.63, 3.8) is 0 Å². The SMILES string of the molecule is CC(C)(C)n1nnnc1SCC(=O)Nc1ccc2c(c1)OC1(CCCCC1)O2. The standard InChI is InChI=1S/C19H25N5O3S/c1-18(2,3)24-17(21-22-23-24)28-12-16(25)20-13-7-8-14-15(11-13)27-19(26-14)9-5-4-6-10-19/h7-8,11H,4-6,9-10,12H2,1-3H3,(H,20,25). The van der Waals surface area contributed by atoms with E-state index in [-0.39, 0.29) is 17.2 Å². The first-order valence-electron chi connectivity index (χ1n) is 9.58. The highest BCUT2D eigenvalue weighted by molar-refractivity contribution is 7.99. The Balaban J connectivity index is 1.36. The van der Waals surface area contributed by atoms with Crippen LogP contribution in [0.25, 0.3) is 0 Å². The first-order valence-corrected chi connectivity index (χ1v) is 10.6. The average Bonchev–Trinajstić information content (AvgIpc) is 3.24. The number of carbonyl (C=O) groups excluding carboxylic acids is 1. The Hall–Kier alpha value is -2.29. The van der Waals surface area contributed by atoms with Gasteiger partial charge in [0.05, 0.1) is 11.3 Å². The lowest BCUT2D eigenvalue weighted by Gasteiger charge is -2.31. The zero-order chi connectivity index (χ0) is 19.8. The van der Waals surface area contributed by atoms with Crippen LogP contribution in [0.2, 0.25) is 0 Å². The van der Waals surface area contributed by atoms with Crippen LogP contribution in [-0.4, -0.2) is 37.7 Å². The maximum atomic E-state index is 12.4. The summed E-state index contributed by atoms with van der Waals surface area (Å²) in [5.41, 5.74) is 0.450. The van der Waals surface area contributed by atoms with Crippen molar-refractivity contribution < 1.29 is 14.3 Å². The largest absolute Gasteiger partial charge is 0.448 e. The topological polar surface area (TPSA) is 91.2 Å². The van der Waals surface area contributed by atoms with Crippen molar-refractivity contribution in [2.75, 3.05) is 11.1 Å². The number of ether oxygens (including phenoxy) is 2. The molecule has 0 bridgehead atoms. The van der Waals surface area contributed by atoms with E-state index in [4.69, 9.17) is 9.47 Å². The Labute approximate surface area is 168 Å². The smallest absolute Gasteiger partial charge is 0.251 e. The molecule has 1 fully saturated rings. The van der Waals surface area contributed by atoms with E-state index < -0.39 is 5.79 Å². The molecule has 1 N–H and O–H groups in total. The van der Waals surface area contributed by atoms with Crippen LogP contribution in [0.3, 0.4) is 0 Å². The van der Waals surface area contributed by atoms with Crippen molar-refractivity contribution in [2.45, 2.75) is 69.4 Å². The lowest BCUT2D eigenvalue weighted by atomic mass is 9.94. The van der Waals surface area contributed by atoms with Crippen LogP contribution in [0, 0.1) is 0 Å². The van der Waals surface area contributed by atoms with Crippen molar-refractivity contribution in [1.29, 1.82) is 0 Å². The van der Waals surface area contributed by atoms with Gasteiger partial charge in [0.2, 0.25) is 11.1 Å². The lowest BCUT2D eigenvalue weighted by molar-refractivity contribution is -0.113. The quantitative estimate of drug-likeness (QED) is 0.780. The monoisotopic (exact) mass is 403 g/mol. The fraction of sp³-hybridized carbons (Fsp3) is 0.579. The number of amides is 1. The first kappa shape index (κ1) is 19.0. The molecule has 0 saturated heterocycles.